The van der Waals surface area contributed by atoms with Gasteiger partial charge in [-0.1, -0.05) is 52.3 Å². The Morgan fingerprint density at radius 1 is 1.30 bits per heavy atom. The van der Waals surface area contributed by atoms with E-state index >= 15 is 0 Å². The van der Waals surface area contributed by atoms with Gasteiger partial charge in [0.05, 0.1) is 6.42 Å². The highest BCUT2D eigenvalue weighted by molar-refractivity contribution is 5.85. The molecule has 1 aromatic carbocycles. The standard InChI is InChI=1S/C23H35NO2.ClH/c1-16(2)17-6-8-19-18(14-17)7-9-20-22(3,11-5-12-23(19,20)4)15-24-13-10-21(25)26;/h6,8,14,16,20,24H,5,7,9-13,15H2,1-4H3,(H,25,26);1H/t20-,22-,23+;/m0./s1. The zero-order valence-corrected chi connectivity index (χ0v) is 18.1. The molecular weight excluding hydrogens is 358 g/mol. The maximum atomic E-state index is 10.8. The Hall–Kier alpha value is -1.06. The van der Waals surface area contributed by atoms with Crippen LogP contribution in [0.2, 0.25) is 0 Å². The lowest BCUT2D eigenvalue weighted by Gasteiger charge is -2.55. The van der Waals surface area contributed by atoms with Gasteiger partial charge in [0.2, 0.25) is 0 Å². The summed E-state index contributed by atoms with van der Waals surface area (Å²) in [7, 11) is 0. The molecule has 3 nitrogen and oxygen atoms in total. The van der Waals surface area contributed by atoms with E-state index in [2.05, 4.69) is 51.2 Å². The minimum atomic E-state index is -0.719. The van der Waals surface area contributed by atoms with E-state index in [4.69, 9.17) is 5.11 Å². The number of aryl methyl sites for hydroxylation is 1. The van der Waals surface area contributed by atoms with Crippen molar-refractivity contribution in [2.24, 2.45) is 11.3 Å². The van der Waals surface area contributed by atoms with Gasteiger partial charge in [-0.3, -0.25) is 4.79 Å². The average molecular weight is 394 g/mol. The van der Waals surface area contributed by atoms with Crippen LogP contribution in [0.3, 0.4) is 0 Å². The van der Waals surface area contributed by atoms with Gasteiger partial charge in [0.25, 0.3) is 0 Å². The second-order valence-electron chi connectivity index (χ2n) is 9.41. The van der Waals surface area contributed by atoms with Crippen LogP contribution >= 0.6 is 12.4 Å². The summed E-state index contributed by atoms with van der Waals surface area (Å²) in [4.78, 5) is 10.8. The van der Waals surface area contributed by atoms with Gasteiger partial charge in [0.15, 0.2) is 0 Å². The molecule has 1 aromatic rings. The number of carbonyl (C=O) groups is 1. The zero-order valence-electron chi connectivity index (χ0n) is 17.3. The number of rotatable bonds is 6. The van der Waals surface area contributed by atoms with Gasteiger partial charge in [0.1, 0.15) is 0 Å². The second-order valence-corrected chi connectivity index (χ2v) is 9.41. The number of carboxylic acid groups (broad SMARTS) is 1. The third kappa shape index (κ3) is 4.35. The molecule has 0 spiro atoms. The minimum absolute atomic E-state index is 0. The topological polar surface area (TPSA) is 49.3 Å². The Balaban J connectivity index is 0.00000261. The third-order valence-electron chi connectivity index (χ3n) is 7.21. The summed E-state index contributed by atoms with van der Waals surface area (Å²) < 4.78 is 0. The molecule has 0 unspecified atom stereocenters. The highest BCUT2D eigenvalue weighted by atomic mass is 35.5. The first-order chi connectivity index (χ1) is 12.3. The summed E-state index contributed by atoms with van der Waals surface area (Å²) in [6.45, 7) is 11.0. The number of benzene rings is 1. The van der Waals surface area contributed by atoms with Crippen molar-refractivity contribution in [2.75, 3.05) is 13.1 Å². The van der Waals surface area contributed by atoms with Crippen LogP contribution in [-0.4, -0.2) is 24.2 Å². The highest BCUT2D eigenvalue weighted by Gasteiger charge is 2.51. The van der Waals surface area contributed by atoms with Crippen LogP contribution in [0.4, 0.5) is 0 Å². The number of carboxylic acids is 1. The summed E-state index contributed by atoms with van der Waals surface area (Å²) in [5.41, 5.74) is 5.11. The smallest absolute Gasteiger partial charge is 0.304 e. The summed E-state index contributed by atoms with van der Waals surface area (Å²) in [6.07, 6.45) is 6.42. The van der Waals surface area contributed by atoms with Crippen molar-refractivity contribution in [3.8, 4) is 0 Å². The SMILES string of the molecule is CC(C)c1ccc2c(c1)CC[C@H]1[C@](C)(CNCCC(=O)O)CCC[C@]21C.Cl. The van der Waals surface area contributed by atoms with Gasteiger partial charge >= 0.3 is 5.97 Å². The number of fused-ring (bicyclic) bond motifs is 3. The van der Waals surface area contributed by atoms with Crippen molar-refractivity contribution in [3.63, 3.8) is 0 Å². The zero-order chi connectivity index (χ0) is 18.9. The predicted octanol–water partition coefficient (Wildman–Crippen LogP) is 5.31. The van der Waals surface area contributed by atoms with Gasteiger partial charge in [0, 0.05) is 13.1 Å². The third-order valence-corrected chi connectivity index (χ3v) is 7.21. The molecule has 0 aliphatic heterocycles. The van der Waals surface area contributed by atoms with Crippen LogP contribution in [0.5, 0.6) is 0 Å². The van der Waals surface area contributed by atoms with Crippen molar-refractivity contribution in [1.29, 1.82) is 0 Å². The Morgan fingerprint density at radius 2 is 2.04 bits per heavy atom. The van der Waals surface area contributed by atoms with E-state index in [0.717, 1.165) is 6.54 Å². The summed E-state index contributed by atoms with van der Waals surface area (Å²) in [5, 5.41) is 12.3. The Bertz CT molecular complexity index is 674. The van der Waals surface area contributed by atoms with E-state index in [1.807, 2.05) is 0 Å². The average Bonchev–Trinajstić information content (AvgIpc) is 2.58. The first kappa shape index (κ1) is 22.2. The number of aliphatic carboxylic acids is 1. The molecule has 152 valence electrons. The lowest BCUT2D eigenvalue weighted by Crippen LogP contribution is -2.52. The van der Waals surface area contributed by atoms with Gasteiger partial charge in [-0.25, -0.2) is 0 Å². The highest BCUT2D eigenvalue weighted by Crippen LogP contribution is 2.57. The summed E-state index contributed by atoms with van der Waals surface area (Å²) >= 11 is 0. The summed E-state index contributed by atoms with van der Waals surface area (Å²) in [6, 6.07) is 7.22. The van der Waals surface area contributed by atoms with Crippen molar-refractivity contribution in [3.05, 3.63) is 34.9 Å². The molecule has 1 fully saturated rings. The van der Waals surface area contributed by atoms with Crippen LogP contribution in [0, 0.1) is 11.3 Å². The molecular formula is C23H36ClNO2. The molecule has 1 saturated carbocycles. The van der Waals surface area contributed by atoms with E-state index < -0.39 is 5.97 Å². The van der Waals surface area contributed by atoms with Crippen LogP contribution < -0.4 is 5.32 Å². The number of nitrogens with one attached hydrogen (secondary N) is 1. The number of halogens is 1. The Morgan fingerprint density at radius 3 is 2.70 bits per heavy atom. The first-order valence-electron chi connectivity index (χ1n) is 10.3. The van der Waals surface area contributed by atoms with Crippen molar-refractivity contribution in [2.45, 2.75) is 77.6 Å². The van der Waals surface area contributed by atoms with Crippen LogP contribution in [-0.2, 0) is 16.6 Å². The van der Waals surface area contributed by atoms with Crippen molar-refractivity contribution in [1.82, 2.24) is 5.32 Å². The van der Waals surface area contributed by atoms with E-state index in [-0.39, 0.29) is 29.7 Å². The maximum absolute atomic E-state index is 10.8. The van der Waals surface area contributed by atoms with Crippen molar-refractivity contribution < 1.29 is 9.90 Å². The first-order valence-corrected chi connectivity index (χ1v) is 10.3. The normalized spacial score (nSPS) is 29.6. The lowest BCUT2D eigenvalue weighted by atomic mass is 9.49. The number of hydrogen-bond donors (Lipinski definition) is 2. The minimum Gasteiger partial charge on any atom is -0.481 e. The molecule has 0 aromatic heterocycles. The van der Waals surface area contributed by atoms with Crippen molar-refractivity contribution >= 4 is 18.4 Å². The van der Waals surface area contributed by atoms with E-state index in [9.17, 15) is 4.79 Å². The molecule has 0 radical (unpaired) electrons. The van der Waals surface area contributed by atoms with E-state index in [1.54, 1.807) is 11.1 Å². The fourth-order valence-corrected chi connectivity index (χ4v) is 5.78. The number of hydrogen-bond acceptors (Lipinski definition) is 2. The quantitative estimate of drug-likeness (QED) is 0.644. The molecule has 3 rings (SSSR count). The van der Waals surface area contributed by atoms with Crippen LogP contribution in [0.25, 0.3) is 0 Å². The van der Waals surface area contributed by atoms with Gasteiger partial charge in [-0.15, -0.1) is 12.4 Å². The second kappa shape index (κ2) is 8.53. The van der Waals surface area contributed by atoms with Crippen LogP contribution in [0.15, 0.2) is 18.2 Å². The van der Waals surface area contributed by atoms with Gasteiger partial charge in [-0.05, 0) is 65.0 Å². The molecule has 0 amide bonds. The molecule has 2 N–H and O–H groups in total. The molecule has 3 atom stereocenters. The van der Waals surface area contributed by atoms with Crippen LogP contribution in [0.1, 0.15) is 82.4 Å². The summed E-state index contributed by atoms with van der Waals surface area (Å²) in [5.74, 6) is 0.531. The van der Waals surface area contributed by atoms with Gasteiger partial charge < -0.3 is 10.4 Å². The molecule has 4 heteroatoms. The van der Waals surface area contributed by atoms with Gasteiger partial charge in [-0.2, -0.15) is 0 Å². The van der Waals surface area contributed by atoms with E-state index in [1.165, 1.54) is 37.7 Å². The molecule has 0 heterocycles. The Kier molecular flexibility index (Phi) is 7.02. The fraction of sp³-hybridized carbons (Fsp3) is 0.696. The molecule has 2 aliphatic rings. The molecule has 0 saturated heterocycles. The predicted molar refractivity (Wildman–Crippen MR) is 114 cm³/mol. The largest absolute Gasteiger partial charge is 0.481 e. The lowest BCUT2D eigenvalue weighted by molar-refractivity contribution is -0.136. The fourth-order valence-electron chi connectivity index (χ4n) is 5.78. The monoisotopic (exact) mass is 393 g/mol. The van der Waals surface area contributed by atoms with E-state index in [0.29, 0.717) is 18.4 Å². The maximum Gasteiger partial charge on any atom is 0.304 e. The molecule has 0 bridgehead atoms. The molecule has 2 aliphatic carbocycles. The Labute approximate surface area is 170 Å². The molecule has 27 heavy (non-hydrogen) atoms.